The first-order valence-electron chi connectivity index (χ1n) is 6.91. The summed E-state index contributed by atoms with van der Waals surface area (Å²) in [6, 6.07) is 14.5. The van der Waals surface area contributed by atoms with Crippen LogP contribution < -0.4 is 14.8 Å². The Labute approximate surface area is 135 Å². The molecule has 1 amide bonds. The average molecular weight is 320 g/mol. The van der Waals surface area contributed by atoms with Gasteiger partial charge in [-0.15, -0.1) is 0 Å². The molecule has 0 aliphatic heterocycles. The minimum absolute atomic E-state index is 0.183. The maximum atomic E-state index is 12.0. The van der Waals surface area contributed by atoms with E-state index in [0.29, 0.717) is 23.1 Å². The van der Waals surface area contributed by atoms with Crippen LogP contribution >= 0.6 is 11.6 Å². The second-order valence-electron chi connectivity index (χ2n) is 4.78. The summed E-state index contributed by atoms with van der Waals surface area (Å²) in [5.74, 6) is 1.09. The number of nitrogens with one attached hydrogen (secondary N) is 1. The fourth-order valence-electron chi connectivity index (χ4n) is 1.87. The van der Waals surface area contributed by atoms with Crippen LogP contribution in [0.2, 0.25) is 5.02 Å². The minimum atomic E-state index is -0.598. The monoisotopic (exact) mass is 319 g/mol. The predicted molar refractivity (Wildman–Crippen MR) is 86.4 cm³/mol. The molecule has 0 bridgehead atoms. The number of halogens is 1. The van der Waals surface area contributed by atoms with Crippen LogP contribution in [0, 0.1) is 0 Å². The molecule has 0 heterocycles. The van der Waals surface area contributed by atoms with Crippen molar-refractivity contribution in [1.29, 1.82) is 0 Å². The third kappa shape index (κ3) is 4.67. The first kappa shape index (κ1) is 16.2. The summed E-state index contributed by atoms with van der Waals surface area (Å²) < 4.78 is 10.7. The Bertz CT molecular complexity index is 628. The summed E-state index contributed by atoms with van der Waals surface area (Å²) in [5.41, 5.74) is 0.978. The maximum absolute atomic E-state index is 12.0. The number of carbonyl (C=O) groups is 1. The lowest BCUT2D eigenvalue weighted by Crippen LogP contribution is -2.35. The van der Waals surface area contributed by atoms with Gasteiger partial charge in [-0.3, -0.25) is 4.79 Å². The van der Waals surface area contributed by atoms with Gasteiger partial charge in [-0.1, -0.05) is 29.8 Å². The molecular formula is C17H18ClNO3. The van der Waals surface area contributed by atoms with Crippen molar-refractivity contribution in [2.45, 2.75) is 19.6 Å². The maximum Gasteiger partial charge on any atom is 0.261 e. The Morgan fingerprint density at radius 3 is 2.55 bits per heavy atom. The van der Waals surface area contributed by atoms with Gasteiger partial charge in [-0.25, -0.2) is 0 Å². The first-order chi connectivity index (χ1) is 10.6. The number of ether oxygens (including phenoxy) is 2. The summed E-state index contributed by atoms with van der Waals surface area (Å²) >= 11 is 5.82. The third-order valence-corrected chi connectivity index (χ3v) is 3.36. The van der Waals surface area contributed by atoms with Crippen LogP contribution in [0.5, 0.6) is 11.5 Å². The van der Waals surface area contributed by atoms with Crippen LogP contribution in [0.3, 0.4) is 0 Å². The van der Waals surface area contributed by atoms with E-state index in [4.69, 9.17) is 21.1 Å². The van der Waals surface area contributed by atoms with E-state index < -0.39 is 6.10 Å². The van der Waals surface area contributed by atoms with Gasteiger partial charge in [0, 0.05) is 17.6 Å². The minimum Gasteiger partial charge on any atom is -0.497 e. The molecule has 4 nitrogen and oxygen atoms in total. The van der Waals surface area contributed by atoms with Gasteiger partial charge >= 0.3 is 0 Å². The standard InChI is InChI=1S/C17H18ClNO3/c1-12(22-16-5-3-4-15(10-16)21-2)17(20)19-11-13-6-8-14(18)9-7-13/h3-10,12H,11H2,1-2H3,(H,19,20). The third-order valence-electron chi connectivity index (χ3n) is 3.10. The number of benzene rings is 2. The van der Waals surface area contributed by atoms with Crippen LogP contribution in [-0.4, -0.2) is 19.1 Å². The Morgan fingerprint density at radius 2 is 1.86 bits per heavy atom. The first-order valence-corrected chi connectivity index (χ1v) is 7.29. The highest BCUT2D eigenvalue weighted by Crippen LogP contribution is 2.20. The van der Waals surface area contributed by atoms with Crippen molar-refractivity contribution in [2.24, 2.45) is 0 Å². The van der Waals surface area contributed by atoms with Gasteiger partial charge in [-0.05, 0) is 36.8 Å². The summed E-state index contributed by atoms with van der Waals surface area (Å²) in [6.07, 6.45) is -0.598. The number of amides is 1. The van der Waals surface area contributed by atoms with Gasteiger partial charge in [0.15, 0.2) is 6.10 Å². The van der Waals surface area contributed by atoms with E-state index >= 15 is 0 Å². The molecule has 0 fully saturated rings. The van der Waals surface area contributed by atoms with Crippen molar-refractivity contribution >= 4 is 17.5 Å². The predicted octanol–water partition coefficient (Wildman–Crippen LogP) is 3.43. The van der Waals surface area contributed by atoms with E-state index in [2.05, 4.69) is 5.32 Å². The molecule has 116 valence electrons. The van der Waals surface area contributed by atoms with Gasteiger partial charge in [0.25, 0.3) is 5.91 Å². The molecule has 1 N–H and O–H groups in total. The van der Waals surface area contributed by atoms with Crippen molar-refractivity contribution in [3.05, 3.63) is 59.1 Å². The normalized spacial score (nSPS) is 11.6. The van der Waals surface area contributed by atoms with Crippen LogP contribution in [0.4, 0.5) is 0 Å². The highest BCUT2D eigenvalue weighted by Gasteiger charge is 2.14. The van der Waals surface area contributed by atoms with Crippen molar-refractivity contribution in [3.63, 3.8) is 0 Å². The van der Waals surface area contributed by atoms with Gasteiger partial charge in [0.1, 0.15) is 11.5 Å². The molecule has 2 rings (SSSR count). The zero-order valence-corrected chi connectivity index (χ0v) is 13.3. The van der Waals surface area contributed by atoms with E-state index in [9.17, 15) is 4.79 Å². The van der Waals surface area contributed by atoms with E-state index in [1.807, 2.05) is 24.3 Å². The molecule has 0 spiro atoms. The second-order valence-corrected chi connectivity index (χ2v) is 5.22. The van der Waals surface area contributed by atoms with Gasteiger partial charge in [0.2, 0.25) is 0 Å². The molecule has 0 aromatic heterocycles. The molecule has 22 heavy (non-hydrogen) atoms. The quantitative estimate of drug-likeness (QED) is 0.887. The molecule has 2 aromatic rings. The molecule has 0 aliphatic carbocycles. The molecule has 2 aromatic carbocycles. The van der Waals surface area contributed by atoms with Gasteiger partial charge in [-0.2, -0.15) is 0 Å². The SMILES string of the molecule is COc1cccc(OC(C)C(=O)NCc2ccc(Cl)cc2)c1. The largest absolute Gasteiger partial charge is 0.497 e. The highest BCUT2D eigenvalue weighted by atomic mass is 35.5. The topological polar surface area (TPSA) is 47.6 Å². The fraction of sp³-hybridized carbons (Fsp3) is 0.235. The van der Waals surface area contributed by atoms with Crippen LogP contribution in [0.25, 0.3) is 0 Å². The molecular weight excluding hydrogens is 302 g/mol. The summed E-state index contributed by atoms with van der Waals surface area (Å²) in [4.78, 5) is 12.0. The molecule has 0 saturated heterocycles. The Balaban J connectivity index is 1.87. The molecule has 1 atom stereocenters. The Kier molecular flexibility index (Phi) is 5.67. The number of rotatable bonds is 6. The molecule has 0 radical (unpaired) electrons. The van der Waals surface area contributed by atoms with Gasteiger partial charge < -0.3 is 14.8 Å². The van der Waals surface area contributed by atoms with Crippen molar-refractivity contribution in [2.75, 3.05) is 7.11 Å². The summed E-state index contributed by atoms with van der Waals surface area (Å²) in [7, 11) is 1.58. The van der Waals surface area contributed by atoms with Crippen molar-refractivity contribution in [3.8, 4) is 11.5 Å². The molecule has 0 saturated carbocycles. The Morgan fingerprint density at radius 1 is 1.18 bits per heavy atom. The average Bonchev–Trinajstić information content (AvgIpc) is 2.54. The highest BCUT2D eigenvalue weighted by molar-refractivity contribution is 6.30. The number of hydrogen-bond donors (Lipinski definition) is 1. The number of methoxy groups -OCH3 is 1. The summed E-state index contributed by atoms with van der Waals surface area (Å²) in [6.45, 7) is 2.14. The van der Waals surface area contributed by atoms with Crippen LogP contribution in [-0.2, 0) is 11.3 Å². The number of hydrogen-bond acceptors (Lipinski definition) is 3. The van der Waals surface area contributed by atoms with Gasteiger partial charge in [0.05, 0.1) is 7.11 Å². The summed E-state index contributed by atoms with van der Waals surface area (Å²) in [5, 5.41) is 3.50. The van der Waals surface area contributed by atoms with E-state index in [1.165, 1.54) is 0 Å². The zero-order chi connectivity index (χ0) is 15.9. The lowest BCUT2D eigenvalue weighted by atomic mass is 10.2. The van der Waals surface area contributed by atoms with Crippen molar-refractivity contribution in [1.82, 2.24) is 5.32 Å². The zero-order valence-electron chi connectivity index (χ0n) is 12.5. The van der Waals surface area contributed by atoms with E-state index in [-0.39, 0.29) is 5.91 Å². The van der Waals surface area contributed by atoms with E-state index in [0.717, 1.165) is 5.56 Å². The lowest BCUT2D eigenvalue weighted by molar-refractivity contribution is -0.127. The Hall–Kier alpha value is -2.20. The molecule has 0 aliphatic rings. The van der Waals surface area contributed by atoms with E-state index in [1.54, 1.807) is 38.3 Å². The van der Waals surface area contributed by atoms with Crippen LogP contribution in [0.1, 0.15) is 12.5 Å². The molecule has 5 heteroatoms. The number of carbonyl (C=O) groups excluding carboxylic acids is 1. The molecule has 1 unspecified atom stereocenters. The van der Waals surface area contributed by atoms with Crippen molar-refractivity contribution < 1.29 is 14.3 Å². The lowest BCUT2D eigenvalue weighted by Gasteiger charge is -2.15. The second kappa shape index (κ2) is 7.71. The van der Waals surface area contributed by atoms with Crippen LogP contribution in [0.15, 0.2) is 48.5 Å². The smallest absolute Gasteiger partial charge is 0.261 e. The fourth-order valence-corrected chi connectivity index (χ4v) is 1.99.